The van der Waals surface area contributed by atoms with Crippen molar-refractivity contribution < 1.29 is 19.1 Å². The zero-order valence-electron chi connectivity index (χ0n) is 13.0. The molecular formula is C17H18FN3O3. The Kier molecular flexibility index (Phi) is 4.59. The number of aromatic amines is 1. The number of amides is 1. The highest BCUT2D eigenvalue weighted by Crippen LogP contribution is 2.26. The molecule has 0 aliphatic heterocycles. The number of hydrogen-bond acceptors (Lipinski definition) is 3. The Labute approximate surface area is 138 Å². The highest BCUT2D eigenvalue weighted by molar-refractivity contribution is 5.99. The van der Waals surface area contributed by atoms with Gasteiger partial charge in [0, 0.05) is 11.6 Å². The summed E-state index contributed by atoms with van der Waals surface area (Å²) >= 11 is 0. The molecule has 0 radical (unpaired) electrons. The molecule has 1 aromatic heterocycles. The monoisotopic (exact) mass is 331 g/mol. The smallest absolute Gasteiger partial charge is 0.306 e. The number of halogens is 1. The van der Waals surface area contributed by atoms with Gasteiger partial charge < -0.3 is 10.4 Å². The van der Waals surface area contributed by atoms with Crippen molar-refractivity contribution in [2.75, 3.05) is 0 Å². The van der Waals surface area contributed by atoms with Gasteiger partial charge in [-0.2, -0.15) is 5.10 Å². The quantitative estimate of drug-likeness (QED) is 0.802. The number of carbonyl (C=O) groups excluding carboxylic acids is 1. The minimum absolute atomic E-state index is 0.0727. The van der Waals surface area contributed by atoms with Crippen molar-refractivity contribution in [3.05, 3.63) is 41.8 Å². The lowest BCUT2D eigenvalue weighted by atomic mass is 9.86. The third-order valence-electron chi connectivity index (χ3n) is 4.44. The van der Waals surface area contributed by atoms with Crippen LogP contribution in [0, 0.1) is 11.7 Å². The minimum atomic E-state index is -0.781. The topological polar surface area (TPSA) is 95.1 Å². The van der Waals surface area contributed by atoms with E-state index in [1.54, 1.807) is 18.2 Å². The first-order chi connectivity index (χ1) is 11.6. The van der Waals surface area contributed by atoms with Crippen molar-refractivity contribution in [3.63, 3.8) is 0 Å². The molecule has 3 rings (SSSR count). The second kappa shape index (κ2) is 6.82. The lowest BCUT2D eigenvalue weighted by Gasteiger charge is -2.26. The van der Waals surface area contributed by atoms with Crippen LogP contribution in [0.15, 0.2) is 30.5 Å². The van der Waals surface area contributed by atoms with Crippen molar-refractivity contribution in [3.8, 4) is 11.3 Å². The van der Waals surface area contributed by atoms with Crippen LogP contribution in [-0.2, 0) is 4.79 Å². The molecule has 0 saturated heterocycles. The first-order valence-corrected chi connectivity index (χ1v) is 7.88. The number of carboxylic acids is 1. The highest BCUT2D eigenvalue weighted by atomic mass is 19.1. The average molecular weight is 331 g/mol. The molecule has 0 spiro atoms. The van der Waals surface area contributed by atoms with Crippen LogP contribution in [0.5, 0.6) is 0 Å². The second-order valence-corrected chi connectivity index (χ2v) is 6.00. The summed E-state index contributed by atoms with van der Waals surface area (Å²) in [6.07, 6.45) is 3.71. The standard InChI is InChI=1S/C17H18FN3O3/c18-14-4-2-1-3-12(14)15-13(9-19-21-15)16(22)20-11-7-5-10(6-8-11)17(23)24/h1-4,9-11H,5-8H2,(H,19,21)(H,20,22)(H,23,24). The zero-order chi connectivity index (χ0) is 17.1. The Balaban J connectivity index is 1.70. The Hall–Kier alpha value is -2.70. The molecule has 7 heteroatoms. The summed E-state index contributed by atoms with van der Waals surface area (Å²) in [4.78, 5) is 23.5. The van der Waals surface area contributed by atoms with Gasteiger partial charge in [0.25, 0.3) is 5.91 Å². The maximum Gasteiger partial charge on any atom is 0.306 e. The summed E-state index contributed by atoms with van der Waals surface area (Å²) in [6, 6.07) is 6.10. The van der Waals surface area contributed by atoms with Gasteiger partial charge in [0.15, 0.2) is 0 Å². The van der Waals surface area contributed by atoms with E-state index in [0.29, 0.717) is 31.4 Å². The van der Waals surface area contributed by atoms with Crippen LogP contribution >= 0.6 is 0 Å². The normalized spacial score (nSPS) is 20.5. The molecule has 1 saturated carbocycles. The maximum atomic E-state index is 13.9. The van der Waals surface area contributed by atoms with E-state index < -0.39 is 11.8 Å². The Morgan fingerprint density at radius 2 is 1.92 bits per heavy atom. The molecule has 0 unspecified atom stereocenters. The van der Waals surface area contributed by atoms with Crippen molar-refractivity contribution in [1.82, 2.24) is 15.5 Å². The zero-order valence-corrected chi connectivity index (χ0v) is 13.0. The fraction of sp³-hybridized carbons (Fsp3) is 0.353. The number of H-pyrrole nitrogens is 1. The van der Waals surface area contributed by atoms with Crippen molar-refractivity contribution >= 4 is 11.9 Å². The van der Waals surface area contributed by atoms with Crippen molar-refractivity contribution in [1.29, 1.82) is 0 Å². The Morgan fingerprint density at radius 1 is 1.21 bits per heavy atom. The van der Waals surface area contributed by atoms with Crippen LogP contribution in [0.25, 0.3) is 11.3 Å². The van der Waals surface area contributed by atoms with Crippen LogP contribution in [0.3, 0.4) is 0 Å². The molecule has 126 valence electrons. The number of carbonyl (C=O) groups is 2. The molecule has 1 aliphatic carbocycles. The maximum absolute atomic E-state index is 13.9. The summed E-state index contributed by atoms with van der Waals surface area (Å²) < 4.78 is 13.9. The van der Waals surface area contributed by atoms with E-state index in [1.165, 1.54) is 12.3 Å². The molecule has 1 amide bonds. The summed E-state index contributed by atoms with van der Waals surface area (Å²) in [5.74, 6) is -1.88. The number of carboxylic acid groups (broad SMARTS) is 1. The lowest BCUT2D eigenvalue weighted by Crippen LogP contribution is -2.38. The third kappa shape index (κ3) is 3.29. The van der Waals surface area contributed by atoms with Crippen LogP contribution in [-0.4, -0.2) is 33.2 Å². The molecule has 1 aliphatic rings. The molecule has 0 bridgehead atoms. The van der Waals surface area contributed by atoms with Gasteiger partial charge in [-0.05, 0) is 37.8 Å². The fourth-order valence-corrected chi connectivity index (χ4v) is 3.08. The van der Waals surface area contributed by atoms with Crippen LogP contribution in [0.1, 0.15) is 36.0 Å². The molecular weight excluding hydrogens is 313 g/mol. The predicted molar refractivity (Wildman–Crippen MR) is 84.8 cm³/mol. The largest absolute Gasteiger partial charge is 0.481 e. The average Bonchev–Trinajstić information content (AvgIpc) is 3.05. The van der Waals surface area contributed by atoms with Gasteiger partial charge in [0.2, 0.25) is 0 Å². The number of benzene rings is 1. The van der Waals surface area contributed by atoms with E-state index in [1.807, 2.05) is 0 Å². The van der Waals surface area contributed by atoms with Crippen LogP contribution in [0.2, 0.25) is 0 Å². The van der Waals surface area contributed by atoms with E-state index >= 15 is 0 Å². The van der Waals surface area contributed by atoms with Gasteiger partial charge >= 0.3 is 5.97 Å². The van der Waals surface area contributed by atoms with E-state index in [0.717, 1.165) is 0 Å². The first-order valence-electron chi connectivity index (χ1n) is 7.88. The van der Waals surface area contributed by atoms with Gasteiger partial charge in [-0.15, -0.1) is 0 Å². The van der Waals surface area contributed by atoms with Gasteiger partial charge in [-0.1, -0.05) is 12.1 Å². The number of nitrogens with zero attached hydrogens (tertiary/aromatic N) is 1. The minimum Gasteiger partial charge on any atom is -0.481 e. The number of rotatable bonds is 4. The summed E-state index contributed by atoms with van der Waals surface area (Å²) in [5.41, 5.74) is 0.903. The molecule has 1 aromatic carbocycles. The van der Waals surface area contributed by atoms with E-state index in [4.69, 9.17) is 5.11 Å². The molecule has 2 aromatic rings. The van der Waals surface area contributed by atoms with Gasteiger partial charge in [-0.25, -0.2) is 4.39 Å². The van der Waals surface area contributed by atoms with E-state index in [2.05, 4.69) is 15.5 Å². The molecule has 3 N–H and O–H groups in total. The summed E-state index contributed by atoms with van der Waals surface area (Å²) in [5, 5.41) is 18.4. The lowest BCUT2D eigenvalue weighted by molar-refractivity contribution is -0.142. The van der Waals surface area contributed by atoms with Gasteiger partial charge in [0.1, 0.15) is 5.82 Å². The molecule has 1 heterocycles. The highest BCUT2D eigenvalue weighted by Gasteiger charge is 2.28. The van der Waals surface area contributed by atoms with E-state index in [-0.39, 0.29) is 29.0 Å². The summed E-state index contributed by atoms with van der Waals surface area (Å²) in [7, 11) is 0. The molecule has 1 fully saturated rings. The number of nitrogens with one attached hydrogen (secondary N) is 2. The third-order valence-corrected chi connectivity index (χ3v) is 4.44. The molecule has 6 nitrogen and oxygen atoms in total. The van der Waals surface area contributed by atoms with Crippen LogP contribution < -0.4 is 5.32 Å². The Bertz CT molecular complexity index is 751. The molecule has 0 atom stereocenters. The van der Waals surface area contributed by atoms with Gasteiger partial charge in [0.05, 0.1) is 23.4 Å². The van der Waals surface area contributed by atoms with Crippen molar-refractivity contribution in [2.45, 2.75) is 31.7 Å². The van der Waals surface area contributed by atoms with E-state index in [9.17, 15) is 14.0 Å². The van der Waals surface area contributed by atoms with Crippen molar-refractivity contribution in [2.24, 2.45) is 5.92 Å². The fourth-order valence-electron chi connectivity index (χ4n) is 3.08. The van der Waals surface area contributed by atoms with Gasteiger partial charge in [-0.3, -0.25) is 14.7 Å². The Morgan fingerprint density at radius 3 is 2.58 bits per heavy atom. The number of aliphatic carboxylic acids is 1. The SMILES string of the molecule is O=C(NC1CCC(C(=O)O)CC1)c1cn[nH]c1-c1ccccc1F. The second-order valence-electron chi connectivity index (χ2n) is 6.00. The number of aromatic nitrogens is 2. The first kappa shape index (κ1) is 16.2. The molecule has 24 heavy (non-hydrogen) atoms. The summed E-state index contributed by atoms with van der Waals surface area (Å²) in [6.45, 7) is 0. The number of hydrogen-bond donors (Lipinski definition) is 3. The predicted octanol–water partition coefficient (Wildman–Crippen LogP) is 2.59. The van der Waals surface area contributed by atoms with Crippen LogP contribution in [0.4, 0.5) is 4.39 Å².